The van der Waals surface area contributed by atoms with Crippen LogP contribution in [0.5, 0.6) is 11.5 Å². The average molecular weight is 387 g/mol. The molecule has 1 atom stereocenters. The van der Waals surface area contributed by atoms with Crippen LogP contribution in [0.4, 0.5) is 5.13 Å². The highest BCUT2D eigenvalue weighted by Gasteiger charge is 2.28. The number of nitrogens with one attached hydrogen (secondary N) is 1. The smallest absolute Gasteiger partial charge is 0.270 e. The third-order valence-corrected chi connectivity index (χ3v) is 5.05. The normalized spacial score (nSPS) is 15.5. The third kappa shape index (κ3) is 3.38. The lowest BCUT2D eigenvalue weighted by Gasteiger charge is -2.25. The highest BCUT2D eigenvalue weighted by Crippen LogP contribution is 2.33. The summed E-state index contributed by atoms with van der Waals surface area (Å²) in [5.41, 5.74) is 1.72. The standard InChI is InChI=1S/C19H15ClN2O3S/c1-11-17(12-5-4-6-13(20)9-12)21-19(26-11)22-18(23)16-10-24-14-7-2-3-8-15(14)25-16/h2-9,16H,10H2,1H3,(H,21,22,23). The summed E-state index contributed by atoms with van der Waals surface area (Å²) in [5, 5.41) is 3.98. The largest absolute Gasteiger partial charge is 0.485 e. The molecule has 1 N–H and O–H groups in total. The first-order valence-electron chi connectivity index (χ1n) is 8.03. The van der Waals surface area contributed by atoms with Crippen molar-refractivity contribution in [3.63, 3.8) is 0 Å². The molecule has 3 aromatic rings. The predicted molar refractivity (Wildman–Crippen MR) is 102 cm³/mol. The van der Waals surface area contributed by atoms with Crippen LogP contribution in [0.15, 0.2) is 48.5 Å². The number of amides is 1. The Morgan fingerprint density at radius 3 is 2.85 bits per heavy atom. The predicted octanol–water partition coefficient (Wildman–Crippen LogP) is 4.55. The molecule has 0 bridgehead atoms. The number of aromatic nitrogens is 1. The van der Waals surface area contributed by atoms with E-state index in [9.17, 15) is 4.79 Å². The molecule has 1 aromatic heterocycles. The molecular weight excluding hydrogens is 372 g/mol. The summed E-state index contributed by atoms with van der Waals surface area (Å²) >= 11 is 7.47. The molecule has 0 spiro atoms. The Kier molecular flexibility index (Phi) is 4.53. The molecule has 0 aliphatic carbocycles. The van der Waals surface area contributed by atoms with Gasteiger partial charge in [0, 0.05) is 15.5 Å². The van der Waals surface area contributed by atoms with Gasteiger partial charge in [0.1, 0.15) is 6.61 Å². The first-order valence-corrected chi connectivity index (χ1v) is 9.22. The van der Waals surface area contributed by atoms with E-state index in [4.69, 9.17) is 21.1 Å². The minimum absolute atomic E-state index is 0.161. The van der Waals surface area contributed by atoms with E-state index < -0.39 is 6.10 Å². The van der Waals surface area contributed by atoms with Gasteiger partial charge < -0.3 is 9.47 Å². The Morgan fingerprint density at radius 2 is 2.04 bits per heavy atom. The SMILES string of the molecule is Cc1sc(NC(=O)C2COc3ccccc3O2)nc1-c1cccc(Cl)c1. The zero-order chi connectivity index (χ0) is 18.1. The number of hydrogen-bond acceptors (Lipinski definition) is 5. The number of fused-ring (bicyclic) bond motifs is 1. The van der Waals surface area contributed by atoms with E-state index in [2.05, 4.69) is 10.3 Å². The Bertz CT molecular complexity index is 973. The zero-order valence-corrected chi connectivity index (χ0v) is 15.4. The summed E-state index contributed by atoms with van der Waals surface area (Å²) in [6.07, 6.45) is -0.719. The number of hydrogen-bond donors (Lipinski definition) is 1. The van der Waals surface area contributed by atoms with E-state index in [0.717, 1.165) is 16.1 Å². The van der Waals surface area contributed by atoms with Crippen LogP contribution >= 0.6 is 22.9 Å². The van der Waals surface area contributed by atoms with Crippen LogP contribution in [0.1, 0.15) is 4.88 Å². The van der Waals surface area contributed by atoms with E-state index in [0.29, 0.717) is 21.7 Å². The van der Waals surface area contributed by atoms with Crippen molar-refractivity contribution in [3.05, 3.63) is 58.4 Å². The van der Waals surface area contributed by atoms with E-state index in [1.807, 2.05) is 49.4 Å². The molecule has 26 heavy (non-hydrogen) atoms. The maximum Gasteiger partial charge on any atom is 0.270 e. The first-order chi connectivity index (χ1) is 12.6. The van der Waals surface area contributed by atoms with Gasteiger partial charge in [-0.2, -0.15) is 0 Å². The van der Waals surface area contributed by atoms with Crippen molar-refractivity contribution in [1.82, 2.24) is 4.98 Å². The van der Waals surface area contributed by atoms with Gasteiger partial charge in [0.25, 0.3) is 5.91 Å². The molecule has 0 saturated carbocycles. The Labute approximate surface area is 159 Å². The second-order valence-electron chi connectivity index (χ2n) is 5.79. The molecule has 0 radical (unpaired) electrons. The van der Waals surface area contributed by atoms with Crippen LogP contribution in [0, 0.1) is 6.92 Å². The number of halogens is 1. The lowest BCUT2D eigenvalue weighted by atomic mass is 10.1. The summed E-state index contributed by atoms with van der Waals surface area (Å²) in [6.45, 7) is 2.12. The highest BCUT2D eigenvalue weighted by molar-refractivity contribution is 7.16. The number of thiazole rings is 1. The first kappa shape index (κ1) is 16.9. The molecule has 1 aliphatic rings. The van der Waals surface area contributed by atoms with Crippen molar-refractivity contribution in [3.8, 4) is 22.8 Å². The summed E-state index contributed by atoms with van der Waals surface area (Å²) in [7, 11) is 0. The maximum atomic E-state index is 12.5. The Morgan fingerprint density at radius 1 is 1.23 bits per heavy atom. The quantitative estimate of drug-likeness (QED) is 0.717. The highest BCUT2D eigenvalue weighted by atomic mass is 35.5. The molecule has 5 nitrogen and oxygen atoms in total. The van der Waals surface area contributed by atoms with Crippen LogP contribution in [-0.4, -0.2) is 23.6 Å². The van der Waals surface area contributed by atoms with Gasteiger partial charge in [-0.3, -0.25) is 10.1 Å². The molecule has 0 fully saturated rings. The van der Waals surface area contributed by atoms with Gasteiger partial charge >= 0.3 is 0 Å². The van der Waals surface area contributed by atoms with Crippen molar-refractivity contribution < 1.29 is 14.3 Å². The average Bonchev–Trinajstić information content (AvgIpc) is 3.01. The van der Waals surface area contributed by atoms with Gasteiger partial charge in [-0.15, -0.1) is 11.3 Å². The second-order valence-corrected chi connectivity index (χ2v) is 7.43. The van der Waals surface area contributed by atoms with E-state index in [1.54, 1.807) is 6.07 Å². The maximum absolute atomic E-state index is 12.5. The van der Waals surface area contributed by atoms with Gasteiger partial charge in [0.2, 0.25) is 6.10 Å². The number of carbonyl (C=O) groups excluding carboxylic acids is 1. The Hall–Kier alpha value is -2.57. The van der Waals surface area contributed by atoms with E-state index >= 15 is 0 Å². The number of carbonyl (C=O) groups is 1. The van der Waals surface area contributed by atoms with Gasteiger partial charge in [-0.05, 0) is 31.2 Å². The summed E-state index contributed by atoms with van der Waals surface area (Å²) in [4.78, 5) is 18.0. The minimum Gasteiger partial charge on any atom is -0.485 e. The monoisotopic (exact) mass is 386 g/mol. The lowest BCUT2D eigenvalue weighted by molar-refractivity contribution is -0.125. The molecule has 1 amide bonds. The number of ether oxygens (including phenoxy) is 2. The van der Waals surface area contributed by atoms with Crippen LogP contribution in [-0.2, 0) is 4.79 Å². The molecular formula is C19H15ClN2O3S. The number of benzene rings is 2. The van der Waals surface area contributed by atoms with Crippen LogP contribution in [0.2, 0.25) is 5.02 Å². The number of rotatable bonds is 3. The molecule has 132 valence electrons. The molecule has 7 heteroatoms. The Balaban J connectivity index is 1.50. The van der Waals surface area contributed by atoms with Gasteiger partial charge in [0.15, 0.2) is 16.6 Å². The van der Waals surface area contributed by atoms with Crippen molar-refractivity contribution in [1.29, 1.82) is 0 Å². The number of nitrogens with zero attached hydrogens (tertiary/aromatic N) is 1. The van der Waals surface area contributed by atoms with Crippen molar-refractivity contribution in [2.75, 3.05) is 11.9 Å². The van der Waals surface area contributed by atoms with Gasteiger partial charge in [0.05, 0.1) is 5.69 Å². The summed E-state index contributed by atoms with van der Waals surface area (Å²) in [6, 6.07) is 14.8. The molecule has 0 saturated heterocycles. The van der Waals surface area contributed by atoms with Gasteiger partial charge in [-0.1, -0.05) is 35.9 Å². The summed E-state index contributed by atoms with van der Waals surface area (Å²) < 4.78 is 11.3. The fourth-order valence-electron chi connectivity index (χ4n) is 2.69. The van der Waals surface area contributed by atoms with Gasteiger partial charge in [-0.25, -0.2) is 4.98 Å². The molecule has 2 heterocycles. The van der Waals surface area contributed by atoms with E-state index in [-0.39, 0.29) is 12.5 Å². The van der Waals surface area contributed by atoms with Crippen molar-refractivity contribution in [2.45, 2.75) is 13.0 Å². The number of anilines is 1. The summed E-state index contributed by atoms with van der Waals surface area (Å²) in [5.74, 6) is 0.921. The van der Waals surface area contributed by atoms with E-state index in [1.165, 1.54) is 11.3 Å². The van der Waals surface area contributed by atoms with Crippen LogP contribution in [0.25, 0.3) is 11.3 Å². The lowest BCUT2D eigenvalue weighted by Crippen LogP contribution is -2.40. The molecule has 2 aromatic carbocycles. The number of para-hydroxylation sites is 2. The minimum atomic E-state index is -0.719. The van der Waals surface area contributed by atoms with Crippen LogP contribution in [0.3, 0.4) is 0 Å². The van der Waals surface area contributed by atoms with Crippen molar-refractivity contribution in [2.24, 2.45) is 0 Å². The van der Waals surface area contributed by atoms with Crippen molar-refractivity contribution >= 4 is 34.0 Å². The van der Waals surface area contributed by atoms with Crippen LogP contribution < -0.4 is 14.8 Å². The second kappa shape index (κ2) is 6.97. The fraction of sp³-hybridized carbons (Fsp3) is 0.158. The fourth-order valence-corrected chi connectivity index (χ4v) is 3.72. The number of aryl methyl sites for hydroxylation is 1. The zero-order valence-electron chi connectivity index (χ0n) is 13.9. The third-order valence-electron chi connectivity index (χ3n) is 3.93. The molecule has 1 aliphatic heterocycles. The molecule has 4 rings (SSSR count). The topological polar surface area (TPSA) is 60.5 Å². The molecule has 1 unspecified atom stereocenters.